The molecular weight excluding hydrogens is 163 g/mol. The molecule has 0 aromatic rings. The molecule has 0 aliphatic heterocycles. The molecule has 11 heavy (non-hydrogen) atoms. The van der Waals surface area contributed by atoms with Gasteiger partial charge in [-0.1, -0.05) is 0 Å². The highest BCUT2D eigenvalue weighted by atomic mass is 19.4. The lowest BCUT2D eigenvalue weighted by molar-refractivity contribution is -0.132. The van der Waals surface area contributed by atoms with E-state index in [1.54, 1.807) is 0 Å². The number of halogens is 3. The molecule has 0 heterocycles. The number of carbonyl (C=O) groups is 1. The van der Waals surface area contributed by atoms with Crippen LogP contribution in [0, 0.1) is 11.5 Å². The molecule has 3 nitrogen and oxygen atoms in total. The summed E-state index contributed by atoms with van der Waals surface area (Å²) < 4.78 is 37.4. The Labute approximate surface area is 59.7 Å². The lowest BCUT2D eigenvalue weighted by Gasteiger charge is -1.94. The zero-order chi connectivity index (χ0) is 8.91. The largest absolute Gasteiger partial charge is 0.410 e. The summed E-state index contributed by atoms with van der Waals surface area (Å²) in [6, 6.07) is 0. The zero-order valence-corrected chi connectivity index (χ0v) is 5.05. The molecule has 0 unspecified atom stereocenters. The van der Waals surface area contributed by atoms with Gasteiger partial charge < -0.3 is 4.74 Å². The molecule has 0 rings (SSSR count). The van der Waals surface area contributed by atoms with Gasteiger partial charge in [-0.25, -0.2) is 4.79 Å². The molecule has 0 atom stereocenters. The molecule has 0 bridgehead atoms. The van der Waals surface area contributed by atoms with Gasteiger partial charge in [-0.3, -0.25) is 0 Å². The number of nitrogens with zero attached hydrogens (tertiary/aromatic N) is 1. The van der Waals surface area contributed by atoms with E-state index in [1.807, 2.05) is 0 Å². The fourth-order valence-electron chi connectivity index (χ4n) is 0.242. The number of allylic oxidation sites excluding steroid dienone is 1. The van der Waals surface area contributed by atoms with Crippen molar-refractivity contribution in [2.45, 2.75) is 6.18 Å². The number of hydrogen-bond acceptors (Lipinski definition) is 3. The van der Waals surface area contributed by atoms with Gasteiger partial charge in [0.05, 0.1) is 0 Å². The van der Waals surface area contributed by atoms with Crippen molar-refractivity contribution in [3.05, 3.63) is 12.2 Å². The third-order valence-corrected chi connectivity index (χ3v) is 0.555. The van der Waals surface area contributed by atoms with Crippen LogP contribution >= 0.6 is 0 Å². The number of alkyl halides is 3. The highest BCUT2D eigenvalue weighted by molar-refractivity contribution is 5.82. The topological polar surface area (TPSA) is 50.1 Å². The number of ether oxygens (including phenoxy) is 1. The monoisotopic (exact) mass is 165 g/mol. The highest BCUT2D eigenvalue weighted by Crippen LogP contribution is 2.15. The van der Waals surface area contributed by atoms with Crippen LogP contribution in [0.25, 0.3) is 0 Å². The van der Waals surface area contributed by atoms with E-state index in [2.05, 4.69) is 4.74 Å². The Balaban J connectivity index is 3.96. The Morgan fingerprint density at radius 1 is 1.55 bits per heavy atom. The number of esters is 1. The van der Waals surface area contributed by atoms with Crippen LogP contribution in [0.15, 0.2) is 12.2 Å². The van der Waals surface area contributed by atoms with Crippen LogP contribution in [-0.2, 0) is 9.53 Å². The maximum absolute atomic E-state index is 11.3. The first-order valence-corrected chi connectivity index (χ1v) is 2.31. The molecule has 0 saturated heterocycles. The smallest absolute Gasteiger partial charge is 0.347 e. The Morgan fingerprint density at radius 3 is 2.45 bits per heavy atom. The molecule has 0 aromatic heterocycles. The summed E-state index contributed by atoms with van der Waals surface area (Å²) in [6.45, 7) is 0. The van der Waals surface area contributed by atoms with Gasteiger partial charge in [0.2, 0.25) is 0 Å². The van der Waals surface area contributed by atoms with Crippen molar-refractivity contribution in [2.75, 3.05) is 0 Å². The molecule has 0 aromatic carbocycles. The van der Waals surface area contributed by atoms with Crippen LogP contribution in [0.1, 0.15) is 0 Å². The summed E-state index contributed by atoms with van der Waals surface area (Å²) in [5.74, 6) is -1.34. The number of rotatable bonds is 1. The van der Waals surface area contributed by atoms with E-state index >= 15 is 0 Å². The van der Waals surface area contributed by atoms with Crippen molar-refractivity contribution >= 4 is 5.97 Å². The van der Waals surface area contributed by atoms with Crippen LogP contribution < -0.4 is 0 Å². The van der Waals surface area contributed by atoms with Crippen molar-refractivity contribution in [1.82, 2.24) is 0 Å². The number of hydrogen-bond donors (Lipinski definition) is 0. The Kier molecular flexibility index (Phi) is 3.11. The second kappa shape index (κ2) is 3.61. The third-order valence-electron chi connectivity index (χ3n) is 0.555. The molecule has 0 aliphatic rings. The lowest BCUT2D eigenvalue weighted by atomic mass is 10.5. The molecular formula is C5H2F3NO2. The van der Waals surface area contributed by atoms with Crippen molar-refractivity contribution < 1.29 is 22.7 Å². The Morgan fingerprint density at radius 2 is 2.09 bits per heavy atom. The molecule has 0 N–H and O–H groups in total. The molecule has 60 valence electrons. The summed E-state index contributed by atoms with van der Waals surface area (Å²) in [6.07, 6.45) is -3.81. The first kappa shape index (κ1) is 9.49. The molecule has 0 fully saturated rings. The first-order chi connectivity index (χ1) is 4.95. The van der Waals surface area contributed by atoms with Gasteiger partial charge in [-0.15, -0.1) is 5.26 Å². The van der Waals surface area contributed by atoms with Crippen molar-refractivity contribution in [3.63, 3.8) is 0 Å². The maximum Gasteiger partial charge on any atom is 0.410 e. The second-order valence-electron chi connectivity index (χ2n) is 1.39. The molecule has 0 saturated carbocycles. The van der Waals surface area contributed by atoms with E-state index in [4.69, 9.17) is 5.26 Å². The van der Waals surface area contributed by atoms with Gasteiger partial charge in [0, 0.05) is 12.2 Å². The van der Waals surface area contributed by atoms with Crippen molar-refractivity contribution in [2.24, 2.45) is 0 Å². The van der Waals surface area contributed by atoms with Crippen LogP contribution in [-0.4, -0.2) is 12.1 Å². The van der Waals surface area contributed by atoms with E-state index in [9.17, 15) is 18.0 Å². The minimum Gasteiger partial charge on any atom is -0.347 e. The average molecular weight is 165 g/mol. The fourth-order valence-corrected chi connectivity index (χ4v) is 0.242. The van der Waals surface area contributed by atoms with E-state index in [0.717, 1.165) is 6.26 Å². The normalized spacial score (nSPS) is 11.1. The summed E-state index contributed by atoms with van der Waals surface area (Å²) in [7, 11) is 0. The quantitative estimate of drug-likeness (QED) is 0.332. The summed E-state index contributed by atoms with van der Waals surface area (Å²) in [4.78, 5) is 10.1. The molecule has 0 spiro atoms. The van der Waals surface area contributed by atoms with Crippen LogP contribution in [0.4, 0.5) is 13.2 Å². The minimum atomic E-state index is -4.56. The van der Waals surface area contributed by atoms with Gasteiger partial charge in [-0.2, -0.15) is 13.2 Å². The van der Waals surface area contributed by atoms with Gasteiger partial charge in [0.15, 0.2) is 0 Å². The average Bonchev–Trinajstić information content (AvgIpc) is 1.83. The Hall–Kier alpha value is -1.51. The predicted octanol–water partition coefficient (Wildman–Crippen LogP) is 1.13. The molecule has 6 heteroatoms. The Bertz CT molecular complexity index is 213. The zero-order valence-electron chi connectivity index (χ0n) is 5.05. The van der Waals surface area contributed by atoms with Crippen LogP contribution in [0.3, 0.4) is 0 Å². The van der Waals surface area contributed by atoms with E-state index in [1.165, 1.54) is 0 Å². The first-order valence-electron chi connectivity index (χ1n) is 2.31. The van der Waals surface area contributed by atoms with E-state index < -0.39 is 12.1 Å². The van der Waals surface area contributed by atoms with Crippen molar-refractivity contribution in [3.8, 4) is 6.26 Å². The third kappa shape index (κ3) is 6.37. The SMILES string of the molecule is N#COC(=O)C=CC(F)(F)F. The van der Waals surface area contributed by atoms with Gasteiger partial charge in [0.1, 0.15) is 0 Å². The summed E-state index contributed by atoms with van der Waals surface area (Å²) in [5.41, 5.74) is 0. The fraction of sp³-hybridized carbons (Fsp3) is 0.200. The standard InChI is InChI=1S/C5H2F3NO2/c6-5(7,8)2-1-4(10)11-3-9/h1-2H. The van der Waals surface area contributed by atoms with E-state index in [0.29, 0.717) is 0 Å². The highest BCUT2D eigenvalue weighted by Gasteiger charge is 2.22. The number of nitriles is 1. The van der Waals surface area contributed by atoms with E-state index in [-0.39, 0.29) is 12.2 Å². The summed E-state index contributed by atoms with van der Waals surface area (Å²) >= 11 is 0. The molecule has 0 radical (unpaired) electrons. The van der Waals surface area contributed by atoms with Gasteiger partial charge >= 0.3 is 12.1 Å². The second-order valence-corrected chi connectivity index (χ2v) is 1.39. The van der Waals surface area contributed by atoms with Gasteiger partial charge in [-0.05, 0) is 0 Å². The predicted molar refractivity (Wildman–Crippen MR) is 26.9 cm³/mol. The lowest BCUT2D eigenvalue weighted by Crippen LogP contribution is -2.03. The van der Waals surface area contributed by atoms with Crippen molar-refractivity contribution in [1.29, 1.82) is 5.26 Å². The van der Waals surface area contributed by atoms with Crippen LogP contribution in [0.2, 0.25) is 0 Å². The molecule has 0 amide bonds. The molecule has 0 aliphatic carbocycles. The number of carbonyl (C=O) groups excluding carboxylic acids is 1. The summed E-state index contributed by atoms with van der Waals surface area (Å²) in [5, 5.41) is 7.66. The minimum absolute atomic E-state index is 0.128. The van der Waals surface area contributed by atoms with Crippen LogP contribution in [0.5, 0.6) is 0 Å². The van der Waals surface area contributed by atoms with Gasteiger partial charge in [0.25, 0.3) is 6.26 Å². The maximum atomic E-state index is 11.3.